The molecule has 1 aromatic carbocycles. The molecular formula is C19H24N2O6. The first-order valence-electron chi connectivity index (χ1n) is 9.00. The summed E-state index contributed by atoms with van der Waals surface area (Å²) >= 11 is 0. The van der Waals surface area contributed by atoms with Crippen LogP contribution < -0.4 is 0 Å². The molecule has 146 valence electrons. The van der Waals surface area contributed by atoms with Crippen molar-refractivity contribution in [2.24, 2.45) is 5.41 Å². The molecule has 8 heteroatoms. The number of rotatable bonds is 4. The number of carbonyl (C=O) groups is 2. The highest BCUT2D eigenvalue weighted by atomic mass is 16.6. The number of non-ortho nitro benzene ring substituents is 1. The Hall–Kier alpha value is -2.64. The summed E-state index contributed by atoms with van der Waals surface area (Å²) in [4.78, 5) is 36.6. The minimum Gasteiger partial charge on any atom is -0.460 e. The highest BCUT2D eigenvalue weighted by molar-refractivity contribution is 5.89. The second-order valence-electron chi connectivity index (χ2n) is 8.37. The number of nitrogens with zero attached hydrogens (tertiary/aromatic N) is 2. The molecule has 27 heavy (non-hydrogen) atoms. The maximum Gasteiger partial charge on any atom is 0.410 e. The first kappa shape index (κ1) is 19.1. The summed E-state index contributed by atoms with van der Waals surface area (Å²) in [5.74, 6) is -0.564. The predicted molar refractivity (Wildman–Crippen MR) is 96.4 cm³/mol. The molecule has 1 atom stereocenters. The Morgan fingerprint density at radius 1 is 1.26 bits per heavy atom. The Balaban J connectivity index is 1.61. The lowest BCUT2D eigenvalue weighted by Crippen LogP contribution is -2.42. The van der Waals surface area contributed by atoms with Crippen molar-refractivity contribution in [3.05, 3.63) is 39.9 Å². The summed E-state index contributed by atoms with van der Waals surface area (Å²) in [6.07, 6.45) is 2.54. The van der Waals surface area contributed by atoms with Gasteiger partial charge in [0.1, 0.15) is 12.2 Å². The maximum atomic E-state index is 12.5. The molecule has 0 bridgehead atoms. The van der Waals surface area contributed by atoms with Crippen LogP contribution in [0.2, 0.25) is 0 Å². The largest absolute Gasteiger partial charge is 0.460 e. The highest BCUT2D eigenvalue weighted by Gasteiger charge is 2.54. The highest BCUT2D eigenvalue weighted by Crippen LogP contribution is 2.55. The fourth-order valence-electron chi connectivity index (χ4n) is 3.36. The average molecular weight is 376 g/mol. The normalized spacial score (nSPS) is 20.4. The zero-order valence-electron chi connectivity index (χ0n) is 15.8. The molecule has 1 aliphatic carbocycles. The summed E-state index contributed by atoms with van der Waals surface area (Å²) in [6, 6.07) is 5.03. The van der Waals surface area contributed by atoms with E-state index < -0.39 is 16.5 Å². The molecule has 1 aromatic rings. The zero-order valence-corrected chi connectivity index (χ0v) is 15.8. The number of hydrogen-bond donors (Lipinski definition) is 0. The number of carbonyl (C=O) groups excluding carboxylic acids is 2. The molecule has 1 saturated heterocycles. The topological polar surface area (TPSA) is 99.0 Å². The molecule has 1 heterocycles. The van der Waals surface area contributed by atoms with Crippen molar-refractivity contribution in [3.63, 3.8) is 0 Å². The van der Waals surface area contributed by atoms with Gasteiger partial charge in [-0.1, -0.05) is 0 Å². The number of nitro groups is 1. The monoisotopic (exact) mass is 376 g/mol. The van der Waals surface area contributed by atoms with Gasteiger partial charge in [0.25, 0.3) is 5.69 Å². The van der Waals surface area contributed by atoms with Crippen LogP contribution >= 0.6 is 0 Å². The number of hydrogen-bond acceptors (Lipinski definition) is 6. The average Bonchev–Trinajstić information content (AvgIpc) is 3.23. The van der Waals surface area contributed by atoms with Crippen molar-refractivity contribution >= 4 is 17.7 Å². The van der Waals surface area contributed by atoms with Gasteiger partial charge >= 0.3 is 12.1 Å². The standard InChI is InChI=1S/C19H24N2O6/c1-18(2,3)27-17(23)20-12-19(8-9-19)10-15(20)11-26-16(22)13-4-6-14(7-5-13)21(24)25/h4-7,15H,8-12H2,1-3H3/t15-/m0/s1. The number of benzene rings is 1. The molecule has 2 fully saturated rings. The summed E-state index contributed by atoms with van der Waals surface area (Å²) in [7, 11) is 0. The Morgan fingerprint density at radius 2 is 1.89 bits per heavy atom. The van der Waals surface area contributed by atoms with Crippen LogP contribution in [0.25, 0.3) is 0 Å². The Labute approximate surface area is 157 Å². The van der Waals surface area contributed by atoms with Crippen LogP contribution in [0, 0.1) is 15.5 Å². The number of likely N-dealkylation sites (tertiary alicyclic amines) is 1. The van der Waals surface area contributed by atoms with Crippen molar-refractivity contribution in [2.75, 3.05) is 13.2 Å². The maximum absolute atomic E-state index is 12.5. The van der Waals surface area contributed by atoms with E-state index in [2.05, 4.69) is 0 Å². The molecule has 1 spiro atoms. The zero-order chi connectivity index (χ0) is 19.8. The quantitative estimate of drug-likeness (QED) is 0.453. The summed E-state index contributed by atoms with van der Waals surface area (Å²) in [5, 5.41) is 10.7. The molecule has 0 aromatic heterocycles. The van der Waals surface area contributed by atoms with E-state index >= 15 is 0 Å². The van der Waals surface area contributed by atoms with Crippen LogP contribution in [-0.4, -0.2) is 46.7 Å². The molecule has 1 aliphatic heterocycles. The molecular weight excluding hydrogens is 352 g/mol. The van der Waals surface area contributed by atoms with Gasteiger partial charge in [0.2, 0.25) is 0 Å². The fourth-order valence-corrected chi connectivity index (χ4v) is 3.36. The summed E-state index contributed by atoms with van der Waals surface area (Å²) in [6.45, 7) is 6.16. The van der Waals surface area contributed by atoms with Crippen LogP contribution in [0.4, 0.5) is 10.5 Å². The number of amides is 1. The van der Waals surface area contributed by atoms with E-state index in [4.69, 9.17) is 9.47 Å². The molecule has 0 N–H and O–H groups in total. The van der Waals surface area contributed by atoms with E-state index in [9.17, 15) is 19.7 Å². The lowest BCUT2D eigenvalue weighted by molar-refractivity contribution is -0.384. The van der Waals surface area contributed by atoms with E-state index in [1.807, 2.05) is 20.8 Å². The van der Waals surface area contributed by atoms with Gasteiger partial charge < -0.3 is 14.4 Å². The van der Waals surface area contributed by atoms with Crippen LogP contribution in [0.3, 0.4) is 0 Å². The molecule has 1 saturated carbocycles. The van der Waals surface area contributed by atoms with Crippen LogP contribution in [0.15, 0.2) is 24.3 Å². The number of nitro benzene ring substituents is 1. The molecule has 0 radical (unpaired) electrons. The van der Waals surface area contributed by atoms with E-state index in [0.29, 0.717) is 6.54 Å². The van der Waals surface area contributed by atoms with E-state index in [0.717, 1.165) is 19.3 Å². The van der Waals surface area contributed by atoms with Gasteiger partial charge in [0.05, 0.1) is 16.5 Å². The minimum absolute atomic E-state index is 0.0802. The third-order valence-electron chi connectivity index (χ3n) is 4.92. The number of ether oxygens (including phenoxy) is 2. The molecule has 3 rings (SSSR count). The molecule has 8 nitrogen and oxygen atoms in total. The third kappa shape index (κ3) is 4.56. The SMILES string of the molecule is CC(C)(C)OC(=O)N1CC2(CC2)C[C@H]1COC(=O)c1ccc([N+](=O)[O-])cc1. The van der Waals surface area contributed by atoms with Crippen molar-refractivity contribution in [1.29, 1.82) is 0 Å². The first-order chi connectivity index (χ1) is 12.6. The van der Waals surface area contributed by atoms with E-state index in [1.165, 1.54) is 24.3 Å². The van der Waals surface area contributed by atoms with E-state index in [1.54, 1.807) is 4.90 Å². The van der Waals surface area contributed by atoms with Crippen LogP contribution in [-0.2, 0) is 9.47 Å². The smallest absolute Gasteiger partial charge is 0.410 e. The second kappa shape index (κ2) is 6.83. The second-order valence-corrected chi connectivity index (χ2v) is 8.37. The number of esters is 1. The Kier molecular flexibility index (Phi) is 4.84. The van der Waals surface area contributed by atoms with Gasteiger partial charge in [-0.25, -0.2) is 9.59 Å². The third-order valence-corrected chi connectivity index (χ3v) is 4.92. The Bertz CT molecular complexity index is 748. The lowest BCUT2D eigenvalue weighted by atomic mass is 10.0. The predicted octanol–water partition coefficient (Wildman–Crippen LogP) is 3.54. The molecule has 0 unspecified atom stereocenters. The van der Waals surface area contributed by atoms with Crippen LogP contribution in [0.5, 0.6) is 0 Å². The first-order valence-corrected chi connectivity index (χ1v) is 9.00. The van der Waals surface area contributed by atoms with Gasteiger partial charge in [-0.2, -0.15) is 0 Å². The fraction of sp³-hybridized carbons (Fsp3) is 0.579. The van der Waals surface area contributed by atoms with Crippen molar-refractivity contribution in [2.45, 2.75) is 51.7 Å². The van der Waals surface area contributed by atoms with Gasteiger partial charge in [-0.3, -0.25) is 10.1 Å². The van der Waals surface area contributed by atoms with Gasteiger partial charge in [-0.15, -0.1) is 0 Å². The minimum atomic E-state index is -0.587. The van der Waals surface area contributed by atoms with Gasteiger partial charge in [-0.05, 0) is 57.6 Å². The van der Waals surface area contributed by atoms with Crippen LogP contribution in [0.1, 0.15) is 50.4 Å². The Morgan fingerprint density at radius 3 is 2.41 bits per heavy atom. The van der Waals surface area contributed by atoms with Crippen molar-refractivity contribution < 1.29 is 24.0 Å². The van der Waals surface area contributed by atoms with Crippen molar-refractivity contribution in [3.8, 4) is 0 Å². The lowest BCUT2D eigenvalue weighted by Gasteiger charge is -2.28. The van der Waals surface area contributed by atoms with E-state index in [-0.39, 0.29) is 35.4 Å². The van der Waals surface area contributed by atoms with Gasteiger partial charge in [0, 0.05) is 18.7 Å². The molecule has 1 amide bonds. The van der Waals surface area contributed by atoms with Gasteiger partial charge in [0.15, 0.2) is 0 Å². The summed E-state index contributed by atoms with van der Waals surface area (Å²) in [5.41, 5.74) is -0.296. The summed E-state index contributed by atoms with van der Waals surface area (Å²) < 4.78 is 10.9. The van der Waals surface area contributed by atoms with Crippen molar-refractivity contribution in [1.82, 2.24) is 4.90 Å². The molecule has 2 aliphatic rings.